The zero-order valence-corrected chi connectivity index (χ0v) is 8.74. The molecule has 0 spiro atoms. The molecule has 1 heterocycles. The number of esters is 1. The van der Waals surface area contributed by atoms with E-state index in [0.717, 1.165) is 6.07 Å². The Kier molecular flexibility index (Phi) is 3.70. The molecule has 0 unspecified atom stereocenters. The molecule has 1 rings (SSSR count). The third-order valence-corrected chi connectivity index (χ3v) is 1.73. The van der Waals surface area contributed by atoms with Gasteiger partial charge in [0.1, 0.15) is 6.42 Å². The number of carbonyl (C=O) groups excluding carboxylic acids is 1. The first-order chi connectivity index (χ1) is 7.90. The van der Waals surface area contributed by atoms with Gasteiger partial charge in [-0.2, -0.15) is 0 Å². The van der Waals surface area contributed by atoms with Crippen LogP contribution in [0.5, 0.6) is 5.75 Å². The lowest BCUT2D eigenvalue weighted by Crippen LogP contribution is -2.14. The highest BCUT2D eigenvalue weighted by molar-refractivity contribution is 5.91. The van der Waals surface area contributed by atoms with Crippen molar-refractivity contribution in [2.45, 2.75) is 13.3 Å². The Bertz CT molecular complexity index is 484. The number of hydrogen-bond donors (Lipinski definition) is 1. The number of aliphatic carboxylic acids is 1. The standard InChI is InChI=1S/C9H8N2O6/c1-5-6(17-9(14)4-8(12)13)2-3-7(10-5)11(15)16/h2-3H,4H2,1H3,(H,12,13). The first kappa shape index (κ1) is 12.6. The van der Waals surface area contributed by atoms with Crippen molar-refractivity contribution in [3.8, 4) is 5.75 Å². The van der Waals surface area contributed by atoms with E-state index in [4.69, 9.17) is 5.11 Å². The SMILES string of the molecule is Cc1nc([N+](=O)[O-])ccc1OC(=O)CC(=O)O. The van der Waals surface area contributed by atoms with Crippen LogP contribution in [0.15, 0.2) is 12.1 Å². The number of pyridine rings is 1. The molecule has 0 amide bonds. The summed E-state index contributed by atoms with van der Waals surface area (Å²) in [6, 6.07) is 2.26. The zero-order chi connectivity index (χ0) is 13.0. The maximum Gasteiger partial charge on any atom is 0.363 e. The molecule has 0 fully saturated rings. The largest absolute Gasteiger partial charge is 0.481 e. The van der Waals surface area contributed by atoms with E-state index in [1.807, 2.05) is 0 Å². The van der Waals surface area contributed by atoms with Gasteiger partial charge < -0.3 is 20.0 Å². The third-order valence-electron chi connectivity index (χ3n) is 1.73. The van der Waals surface area contributed by atoms with Crippen LogP contribution in [0.1, 0.15) is 12.1 Å². The fourth-order valence-corrected chi connectivity index (χ4v) is 1.03. The molecule has 1 N–H and O–H groups in total. The second-order valence-electron chi connectivity index (χ2n) is 3.05. The van der Waals surface area contributed by atoms with Crippen LogP contribution in [0.25, 0.3) is 0 Å². The van der Waals surface area contributed by atoms with Crippen LogP contribution in [-0.4, -0.2) is 27.0 Å². The molecule has 8 heteroatoms. The lowest BCUT2D eigenvalue weighted by Gasteiger charge is -2.02. The molecule has 0 aliphatic heterocycles. The van der Waals surface area contributed by atoms with Crippen LogP contribution in [0.3, 0.4) is 0 Å². The Hall–Kier alpha value is -2.51. The van der Waals surface area contributed by atoms with Gasteiger partial charge in [-0.3, -0.25) is 9.59 Å². The predicted octanol–water partition coefficient (Wildman–Crippen LogP) is 0.678. The molecule has 0 saturated carbocycles. The Morgan fingerprint density at radius 2 is 2.18 bits per heavy atom. The summed E-state index contributed by atoms with van der Waals surface area (Å²) in [5.74, 6) is -2.65. The predicted molar refractivity (Wildman–Crippen MR) is 53.5 cm³/mol. The number of aromatic nitrogens is 1. The normalized spacial score (nSPS) is 9.71. The highest BCUT2D eigenvalue weighted by Gasteiger charge is 2.16. The fourth-order valence-electron chi connectivity index (χ4n) is 1.03. The number of nitrogens with zero attached hydrogens (tertiary/aromatic N) is 2. The van der Waals surface area contributed by atoms with Gasteiger partial charge in [-0.1, -0.05) is 0 Å². The Balaban J connectivity index is 2.83. The minimum Gasteiger partial charge on any atom is -0.481 e. The second-order valence-corrected chi connectivity index (χ2v) is 3.05. The average molecular weight is 240 g/mol. The van der Waals surface area contributed by atoms with E-state index in [0.29, 0.717) is 0 Å². The van der Waals surface area contributed by atoms with Gasteiger partial charge in [0.05, 0.1) is 0 Å². The van der Waals surface area contributed by atoms with Crippen molar-refractivity contribution in [1.29, 1.82) is 0 Å². The van der Waals surface area contributed by atoms with Crippen LogP contribution >= 0.6 is 0 Å². The molecule has 8 nitrogen and oxygen atoms in total. The first-order valence-corrected chi connectivity index (χ1v) is 4.44. The van der Waals surface area contributed by atoms with Gasteiger partial charge in [0, 0.05) is 13.0 Å². The number of ether oxygens (including phenoxy) is 1. The lowest BCUT2D eigenvalue weighted by atomic mass is 10.3. The van der Waals surface area contributed by atoms with E-state index in [1.165, 1.54) is 13.0 Å². The van der Waals surface area contributed by atoms with Crippen molar-refractivity contribution in [2.75, 3.05) is 0 Å². The van der Waals surface area contributed by atoms with E-state index < -0.39 is 23.3 Å². The van der Waals surface area contributed by atoms with Crippen molar-refractivity contribution in [2.24, 2.45) is 0 Å². The van der Waals surface area contributed by atoms with Crippen molar-refractivity contribution in [3.05, 3.63) is 27.9 Å². The molecule has 0 bridgehead atoms. The lowest BCUT2D eigenvalue weighted by molar-refractivity contribution is -0.389. The molecule has 0 aliphatic rings. The monoisotopic (exact) mass is 240 g/mol. The van der Waals surface area contributed by atoms with Crippen molar-refractivity contribution in [1.82, 2.24) is 4.98 Å². The Morgan fingerprint density at radius 1 is 1.53 bits per heavy atom. The number of hydrogen-bond acceptors (Lipinski definition) is 6. The summed E-state index contributed by atoms with van der Waals surface area (Å²) >= 11 is 0. The summed E-state index contributed by atoms with van der Waals surface area (Å²) in [6.07, 6.45) is -0.781. The summed E-state index contributed by atoms with van der Waals surface area (Å²) in [5, 5.41) is 18.7. The molecule has 0 aromatic carbocycles. The number of carboxylic acid groups (broad SMARTS) is 1. The van der Waals surface area contributed by atoms with E-state index in [-0.39, 0.29) is 17.3 Å². The van der Waals surface area contributed by atoms with Crippen LogP contribution < -0.4 is 4.74 Å². The molecule has 0 saturated heterocycles. The molecule has 1 aromatic heterocycles. The van der Waals surface area contributed by atoms with Gasteiger partial charge in [0.15, 0.2) is 11.4 Å². The zero-order valence-electron chi connectivity index (χ0n) is 8.74. The first-order valence-electron chi connectivity index (χ1n) is 4.44. The number of aryl methyl sites for hydroxylation is 1. The molecule has 0 radical (unpaired) electrons. The smallest absolute Gasteiger partial charge is 0.363 e. The Morgan fingerprint density at radius 3 is 2.65 bits per heavy atom. The van der Waals surface area contributed by atoms with Crippen LogP contribution in [0.2, 0.25) is 0 Å². The van der Waals surface area contributed by atoms with E-state index in [1.54, 1.807) is 0 Å². The van der Waals surface area contributed by atoms with E-state index >= 15 is 0 Å². The molecular formula is C9H8N2O6. The van der Waals surface area contributed by atoms with Crippen LogP contribution in [0.4, 0.5) is 5.82 Å². The van der Waals surface area contributed by atoms with Crippen molar-refractivity contribution in [3.63, 3.8) is 0 Å². The van der Waals surface area contributed by atoms with Crippen LogP contribution in [-0.2, 0) is 9.59 Å². The topological polar surface area (TPSA) is 120 Å². The average Bonchev–Trinajstić information content (AvgIpc) is 2.19. The quantitative estimate of drug-likeness (QED) is 0.355. The van der Waals surface area contributed by atoms with Gasteiger partial charge in [0.2, 0.25) is 0 Å². The van der Waals surface area contributed by atoms with Crippen LogP contribution in [0, 0.1) is 17.0 Å². The minimum absolute atomic E-state index is 0.00171. The number of carboxylic acids is 1. The van der Waals surface area contributed by atoms with Gasteiger partial charge in [-0.15, -0.1) is 0 Å². The number of rotatable bonds is 4. The molecular weight excluding hydrogens is 232 g/mol. The van der Waals surface area contributed by atoms with Gasteiger partial charge in [0.25, 0.3) is 0 Å². The van der Waals surface area contributed by atoms with Crippen molar-refractivity contribution >= 4 is 17.8 Å². The number of nitro groups is 1. The fraction of sp³-hybridized carbons (Fsp3) is 0.222. The highest BCUT2D eigenvalue weighted by Crippen LogP contribution is 2.19. The van der Waals surface area contributed by atoms with Gasteiger partial charge in [-0.05, 0) is 16.0 Å². The summed E-state index contributed by atoms with van der Waals surface area (Å²) in [6.45, 7) is 1.41. The van der Waals surface area contributed by atoms with Gasteiger partial charge >= 0.3 is 17.8 Å². The summed E-state index contributed by atoms with van der Waals surface area (Å²) in [5.41, 5.74) is 0.137. The Labute approximate surface area is 95.0 Å². The highest BCUT2D eigenvalue weighted by atomic mass is 16.6. The maximum absolute atomic E-state index is 11.0. The number of carbonyl (C=O) groups is 2. The maximum atomic E-state index is 11.0. The molecule has 17 heavy (non-hydrogen) atoms. The molecule has 0 atom stereocenters. The third kappa shape index (κ3) is 3.52. The van der Waals surface area contributed by atoms with E-state index in [9.17, 15) is 19.7 Å². The second kappa shape index (κ2) is 5.01. The molecule has 0 aliphatic carbocycles. The van der Waals surface area contributed by atoms with Crippen molar-refractivity contribution < 1.29 is 24.4 Å². The minimum atomic E-state index is -1.32. The van der Waals surface area contributed by atoms with Gasteiger partial charge in [-0.25, -0.2) is 0 Å². The summed E-state index contributed by atoms with van der Waals surface area (Å²) in [4.78, 5) is 34.5. The molecule has 90 valence electrons. The summed E-state index contributed by atoms with van der Waals surface area (Å²) in [7, 11) is 0. The molecule has 1 aromatic rings. The van der Waals surface area contributed by atoms with E-state index in [2.05, 4.69) is 9.72 Å². The summed E-state index contributed by atoms with van der Waals surface area (Å²) < 4.78 is 4.69.